The average molecular weight is 261 g/mol. The van der Waals surface area contributed by atoms with Crippen LogP contribution in [0.2, 0.25) is 5.02 Å². The average Bonchev–Trinajstić information content (AvgIpc) is 2.92. The van der Waals surface area contributed by atoms with E-state index in [4.69, 9.17) is 11.6 Å². The second kappa shape index (κ2) is 4.58. The summed E-state index contributed by atoms with van der Waals surface area (Å²) in [4.78, 5) is 18.4. The highest BCUT2D eigenvalue weighted by atomic mass is 35.5. The lowest BCUT2D eigenvalue weighted by molar-refractivity contribution is 0.0793. The van der Waals surface area contributed by atoms with Crippen molar-refractivity contribution in [1.29, 1.82) is 0 Å². The number of likely N-dealkylation sites (tertiary alicyclic amines) is 1. The lowest BCUT2D eigenvalue weighted by Crippen LogP contribution is -2.27. The Kier molecular flexibility index (Phi) is 2.92. The molecule has 0 radical (unpaired) electrons. The first-order valence-electron chi connectivity index (χ1n) is 6.09. The van der Waals surface area contributed by atoms with Gasteiger partial charge in [-0.3, -0.25) is 9.78 Å². The molecule has 0 atom stereocenters. The minimum absolute atomic E-state index is 0.0920. The smallest absolute Gasteiger partial charge is 0.253 e. The molecule has 0 aliphatic carbocycles. The summed E-state index contributed by atoms with van der Waals surface area (Å²) in [7, 11) is 0. The third-order valence-corrected chi connectivity index (χ3v) is 3.66. The van der Waals surface area contributed by atoms with Gasteiger partial charge in [0, 0.05) is 30.2 Å². The third kappa shape index (κ3) is 1.95. The van der Waals surface area contributed by atoms with E-state index in [1.807, 2.05) is 23.1 Å². The zero-order chi connectivity index (χ0) is 12.5. The maximum Gasteiger partial charge on any atom is 0.253 e. The van der Waals surface area contributed by atoms with E-state index in [0.717, 1.165) is 36.8 Å². The third-order valence-electron chi connectivity index (χ3n) is 3.33. The molecule has 1 aromatic carbocycles. The van der Waals surface area contributed by atoms with Crippen LogP contribution in [0.15, 0.2) is 30.5 Å². The van der Waals surface area contributed by atoms with Crippen LogP contribution in [0, 0.1) is 0 Å². The fourth-order valence-electron chi connectivity index (χ4n) is 2.35. The van der Waals surface area contributed by atoms with Crippen molar-refractivity contribution < 1.29 is 4.79 Å². The highest BCUT2D eigenvalue weighted by Gasteiger charge is 2.19. The fraction of sp³-hybridized carbons (Fsp3) is 0.286. The number of hydrogen-bond acceptors (Lipinski definition) is 2. The monoisotopic (exact) mass is 260 g/mol. The van der Waals surface area contributed by atoms with Gasteiger partial charge in [0.05, 0.1) is 10.5 Å². The van der Waals surface area contributed by atoms with E-state index in [0.29, 0.717) is 10.6 Å². The molecule has 1 fully saturated rings. The molecule has 2 aromatic rings. The highest BCUT2D eigenvalue weighted by Crippen LogP contribution is 2.23. The van der Waals surface area contributed by atoms with Crippen LogP contribution in [-0.4, -0.2) is 28.9 Å². The zero-order valence-corrected chi connectivity index (χ0v) is 10.7. The Morgan fingerprint density at radius 1 is 1.22 bits per heavy atom. The van der Waals surface area contributed by atoms with Crippen molar-refractivity contribution in [2.75, 3.05) is 13.1 Å². The predicted molar refractivity (Wildman–Crippen MR) is 71.9 cm³/mol. The van der Waals surface area contributed by atoms with E-state index in [1.165, 1.54) is 0 Å². The van der Waals surface area contributed by atoms with Crippen molar-refractivity contribution in [1.82, 2.24) is 9.88 Å². The van der Waals surface area contributed by atoms with Crippen LogP contribution in [0.1, 0.15) is 23.2 Å². The molecule has 3 rings (SSSR count). The van der Waals surface area contributed by atoms with Crippen LogP contribution >= 0.6 is 11.6 Å². The number of carbonyl (C=O) groups is 1. The van der Waals surface area contributed by atoms with E-state index < -0.39 is 0 Å². The highest BCUT2D eigenvalue weighted by molar-refractivity contribution is 6.35. The maximum absolute atomic E-state index is 12.3. The molecule has 0 spiro atoms. The summed E-state index contributed by atoms with van der Waals surface area (Å²) in [6.07, 6.45) is 3.87. The van der Waals surface area contributed by atoms with Crippen LogP contribution in [-0.2, 0) is 0 Å². The molecule has 0 saturated carbocycles. The van der Waals surface area contributed by atoms with Gasteiger partial charge >= 0.3 is 0 Å². The summed E-state index contributed by atoms with van der Waals surface area (Å²) in [5.74, 6) is 0.0920. The Balaban J connectivity index is 2.02. The van der Waals surface area contributed by atoms with E-state index in [2.05, 4.69) is 4.98 Å². The normalized spacial score (nSPS) is 15.3. The van der Waals surface area contributed by atoms with Gasteiger partial charge in [-0.05, 0) is 37.1 Å². The van der Waals surface area contributed by atoms with Crippen LogP contribution < -0.4 is 0 Å². The zero-order valence-electron chi connectivity index (χ0n) is 9.90. The molecule has 1 saturated heterocycles. The number of hydrogen-bond donors (Lipinski definition) is 0. The standard InChI is InChI=1S/C14H13ClN2O/c15-12-5-6-16-13-4-3-10(9-11(12)13)14(18)17-7-1-2-8-17/h3-6,9H,1-2,7-8H2. The molecule has 2 heterocycles. The Bertz CT molecular complexity index is 606. The lowest BCUT2D eigenvalue weighted by atomic mass is 10.1. The number of pyridine rings is 1. The Labute approximate surface area is 110 Å². The molecular formula is C14H13ClN2O. The van der Waals surface area contributed by atoms with Crippen molar-refractivity contribution in [3.05, 3.63) is 41.0 Å². The number of halogens is 1. The number of benzene rings is 1. The van der Waals surface area contributed by atoms with Crippen molar-refractivity contribution in [3.63, 3.8) is 0 Å². The van der Waals surface area contributed by atoms with Gasteiger partial charge in [-0.25, -0.2) is 0 Å². The first-order valence-corrected chi connectivity index (χ1v) is 6.47. The van der Waals surface area contributed by atoms with E-state index in [-0.39, 0.29) is 5.91 Å². The SMILES string of the molecule is O=C(c1ccc2nccc(Cl)c2c1)N1CCCC1. The summed E-state index contributed by atoms with van der Waals surface area (Å²) in [6.45, 7) is 1.72. The Morgan fingerprint density at radius 2 is 2.00 bits per heavy atom. The van der Waals surface area contributed by atoms with Gasteiger partial charge in [0.25, 0.3) is 5.91 Å². The summed E-state index contributed by atoms with van der Waals surface area (Å²) in [5, 5.41) is 1.47. The van der Waals surface area contributed by atoms with Crippen LogP contribution in [0.25, 0.3) is 10.9 Å². The molecule has 1 aromatic heterocycles. The van der Waals surface area contributed by atoms with Gasteiger partial charge in [-0.1, -0.05) is 11.6 Å². The fourth-order valence-corrected chi connectivity index (χ4v) is 2.56. The summed E-state index contributed by atoms with van der Waals surface area (Å²) in [6, 6.07) is 7.26. The molecular weight excluding hydrogens is 248 g/mol. The molecule has 1 amide bonds. The number of amides is 1. The molecule has 4 heteroatoms. The molecule has 1 aliphatic heterocycles. The van der Waals surface area contributed by atoms with Gasteiger partial charge < -0.3 is 4.90 Å². The van der Waals surface area contributed by atoms with Crippen molar-refractivity contribution in [3.8, 4) is 0 Å². The second-order valence-electron chi connectivity index (χ2n) is 4.52. The molecule has 0 bridgehead atoms. The van der Waals surface area contributed by atoms with Gasteiger partial charge in [-0.2, -0.15) is 0 Å². The number of rotatable bonds is 1. The van der Waals surface area contributed by atoms with E-state index >= 15 is 0 Å². The van der Waals surface area contributed by atoms with Crippen LogP contribution in [0.5, 0.6) is 0 Å². The lowest BCUT2D eigenvalue weighted by Gasteiger charge is -2.15. The van der Waals surface area contributed by atoms with Gasteiger partial charge in [0.2, 0.25) is 0 Å². The summed E-state index contributed by atoms with van der Waals surface area (Å²) in [5.41, 5.74) is 1.51. The first-order chi connectivity index (χ1) is 8.75. The number of nitrogens with zero attached hydrogens (tertiary/aromatic N) is 2. The van der Waals surface area contributed by atoms with Crippen molar-refractivity contribution in [2.24, 2.45) is 0 Å². The molecule has 0 unspecified atom stereocenters. The van der Waals surface area contributed by atoms with E-state index in [9.17, 15) is 4.79 Å². The minimum atomic E-state index is 0.0920. The van der Waals surface area contributed by atoms with Gasteiger partial charge in [-0.15, -0.1) is 0 Å². The minimum Gasteiger partial charge on any atom is -0.339 e. The molecule has 1 aliphatic rings. The Hall–Kier alpha value is -1.61. The Morgan fingerprint density at radius 3 is 2.78 bits per heavy atom. The van der Waals surface area contributed by atoms with Crippen LogP contribution in [0.3, 0.4) is 0 Å². The topological polar surface area (TPSA) is 33.2 Å². The van der Waals surface area contributed by atoms with Crippen molar-refractivity contribution in [2.45, 2.75) is 12.8 Å². The molecule has 3 nitrogen and oxygen atoms in total. The molecule has 0 N–H and O–H groups in total. The number of aromatic nitrogens is 1. The van der Waals surface area contributed by atoms with Crippen LogP contribution in [0.4, 0.5) is 0 Å². The quantitative estimate of drug-likeness (QED) is 0.789. The van der Waals surface area contributed by atoms with E-state index in [1.54, 1.807) is 12.3 Å². The summed E-state index contributed by atoms with van der Waals surface area (Å²) >= 11 is 6.13. The van der Waals surface area contributed by atoms with Crippen molar-refractivity contribution >= 4 is 28.4 Å². The molecule has 92 valence electrons. The second-order valence-corrected chi connectivity index (χ2v) is 4.93. The largest absolute Gasteiger partial charge is 0.339 e. The first kappa shape index (κ1) is 11.5. The maximum atomic E-state index is 12.3. The van der Waals surface area contributed by atoms with Gasteiger partial charge in [0.15, 0.2) is 0 Å². The number of fused-ring (bicyclic) bond motifs is 1. The van der Waals surface area contributed by atoms with Gasteiger partial charge in [0.1, 0.15) is 0 Å². The molecule has 18 heavy (non-hydrogen) atoms. The summed E-state index contributed by atoms with van der Waals surface area (Å²) < 4.78 is 0. The predicted octanol–water partition coefficient (Wildman–Crippen LogP) is 3.12. The number of carbonyl (C=O) groups excluding carboxylic acids is 1.